The first-order valence-electron chi connectivity index (χ1n) is 15.0. The van der Waals surface area contributed by atoms with Gasteiger partial charge in [-0.25, -0.2) is 9.97 Å². The summed E-state index contributed by atoms with van der Waals surface area (Å²) in [7, 11) is 0. The lowest BCUT2D eigenvalue weighted by atomic mass is 9.81. The Morgan fingerprint density at radius 3 is 1.79 bits per heavy atom. The molecular weight excluding hydrogens is 522 g/mol. The van der Waals surface area contributed by atoms with Gasteiger partial charge < -0.3 is 0 Å². The summed E-state index contributed by atoms with van der Waals surface area (Å²) in [6.07, 6.45) is 12.2. The van der Waals surface area contributed by atoms with Crippen LogP contribution in [-0.2, 0) is 5.41 Å². The van der Waals surface area contributed by atoms with Crippen LogP contribution < -0.4 is 0 Å². The average molecular weight is 554 g/mol. The minimum Gasteiger partial charge on any atom is -0.265 e. The van der Waals surface area contributed by atoms with Crippen LogP contribution in [0.15, 0.2) is 128 Å². The molecule has 0 atom stereocenters. The minimum absolute atomic E-state index is 0.148. The van der Waals surface area contributed by atoms with Crippen molar-refractivity contribution in [2.45, 2.75) is 32.1 Å². The third-order valence-electron chi connectivity index (χ3n) is 9.07. The fraction of sp³-hybridized carbons (Fsp3) is 0.125. The van der Waals surface area contributed by atoms with Crippen LogP contribution >= 0.6 is 0 Å². The largest absolute Gasteiger partial charge is 0.265 e. The Morgan fingerprint density at radius 2 is 1.14 bits per heavy atom. The van der Waals surface area contributed by atoms with E-state index in [2.05, 4.69) is 110 Å². The molecule has 0 bridgehead atoms. The van der Waals surface area contributed by atoms with Crippen molar-refractivity contribution in [3.8, 4) is 44.6 Å². The molecule has 2 aliphatic rings. The van der Waals surface area contributed by atoms with E-state index in [1.165, 1.54) is 50.1 Å². The lowest BCUT2D eigenvalue weighted by Crippen LogP contribution is -2.15. The van der Waals surface area contributed by atoms with Crippen molar-refractivity contribution in [3.63, 3.8) is 0 Å². The quantitative estimate of drug-likeness (QED) is 0.218. The molecule has 0 radical (unpaired) electrons. The molecule has 3 heteroatoms. The molecule has 0 saturated carbocycles. The fourth-order valence-electron chi connectivity index (χ4n) is 6.69. The zero-order valence-corrected chi connectivity index (χ0v) is 24.4. The van der Waals surface area contributed by atoms with Gasteiger partial charge in [-0.05, 0) is 99.3 Å². The standard InChI is InChI=1S/C40H31N3/c1-40(2)34-24-30(27-14-12-26(13-15-27)28-20-22-41-23-21-28)16-18-32(34)33-19-17-31(25-35(33)40)39-38(29-8-4-3-5-9-29)42-36-10-6-7-11-37(36)43-39/h3-4,6-8,10-25H,5,9H2,1-2H3. The number of para-hydroxylation sites is 2. The highest BCUT2D eigenvalue weighted by atomic mass is 14.8. The number of allylic oxidation sites excluding steroid dienone is 4. The van der Waals surface area contributed by atoms with E-state index in [0.717, 1.165) is 40.8 Å². The van der Waals surface area contributed by atoms with E-state index in [1.807, 2.05) is 36.7 Å². The van der Waals surface area contributed by atoms with Gasteiger partial charge >= 0.3 is 0 Å². The van der Waals surface area contributed by atoms with Gasteiger partial charge in [0.15, 0.2) is 0 Å². The third kappa shape index (κ3) is 4.31. The molecule has 6 aromatic rings. The van der Waals surface area contributed by atoms with Crippen molar-refractivity contribution in [1.29, 1.82) is 0 Å². The second-order valence-electron chi connectivity index (χ2n) is 12.0. The van der Waals surface area contributed by atoms with Crippen LogP contribution in [0, 0.1) is 0 Å². The third-order valence-corrected chi connectivity index (χ3v) is 9.07. The number of pyridine rings is 1. The van der Waals surface area contributed by atoms with Crippen LogP contribution in [0.25, 0.3) is 61.2 Å². The molecule has 0 saturated heterocycles. The van der Waals surface area contributed by atoms with Crippen LogP contribution in [0.2, 0.25) is 0 Å². The molecule has 2 aromatic heterocycles. The fourth-order valence-corrected chi connectivity index (χ4v) is 6.69. The summed E-state index contributed by atoms with van der Waals surface area (Å²) in [4.78, 5) is 14.5. The zero-order valence-electron chi connectivity index (χ0n) is 24.4. The summed E-state index contributed by atoms with van der Waals surface area (Å²) in [5, 5.41) is 0. The molecule has 0 unspecified atom stereocenters. The second-order valence-corrected chi connectivity index (χ2v) is 12.0. The van der Waals surface area contributed by atoms with Gasteiger partial charge in [0.25, 0.3) is 0 Å². The average Bonchev–Trinajstić information content (AvgIpc) is 3.30. The molecule has 2 heterocycles. The van der Waals surface area contributed by atoms with Crippen molar-refractivity contribution in [1.82, 2.24) is 15.0 Å². The maximum absolute atomic E-state index is 5.19. The molecule has 0 aliphatic heterocycles. The number of hydrogen-bond donors (Lipinski definition) is 0. The molecule has 2 aliphatic carbocycles. The van der Waals surface area contributed by atoms with E-state index in [-0.39, 0.29) is 5.41 Å². The zero-order chi connectivity index (χ0) is 29.0. The minimum atomic E-state index is -0.148. The molecule has 4 aromatic carbocycles. The van der Waals surface area contributed by atoms with E-state index in [9.17, 15) is 0 Å². The molecular formula is C40H31N3. The van der Waals surface area contributed by atoms with Crippen LogP contribution in [0.5, 0.6) is 0 Å². The molecule has 8 rings (SSSR count). The first-order chi connectivity index (χ1) is 21.1. The van der Waals surface area contributed by atoms with Crippen molar-refractivity contribution in [2.24, 2.45) is 0 Å². The Hall–Kier alpha value is -5.15. The Bertz CT molecular complexity index is 2080. The first-order valence-corrected chi connectivity index (χ1v) is 15.0. The van der Waals surface area contributed by atoms with E-state index in [4.69, 9.17) is 9.97 Å². The summed E-state index contributed by atoms with van der Waals surface area (Å²) in [5.74, 6) is 0. The Morgan fingerprint density at radius 1 is 0.581 bits per heavy atom. The van der Waals surface area contributed by atoms with E-state index >= 15 is 0 Å². The van der Waals surface area contributed by atoms with Gasteiger partial charge in [0.05, 0.1) is 22.4 Å². The Balaban J connectivity index is 1.20. The van der Waals surface area contributed by atoms with Crippen molar-refractivity contribution >= 4 is 16.6 Å². The number of fused-ring (bicyclic) bond motifs is 4. The lowest BCUT2D eigenvalue weighted by Gasteiger charge is -2.23. The van der Waals surface area contributed by atoms with E-state index < -0.39 is 0 Å². The normalized spacial score (nSPS) is 14.8. The molecule has 206 valence electrons. The van der Waals surface area contributed by atoms with Gasteiger partial charge in [-0.2, -0.15) is 0 Å². The lowest BCUT2D eigenvalue weighted by molar-refractivity contribution is 0.661. The monoisotopic (exact) mass is 553 g/mol. The van der Waals surface area contributed by atoms with Gasteiger partial charge in [-0.3, -0.25) is 4.98 Å². The molecule has 3 nitrogen and oxygen atoms in total. The van der Waals surface area contributed by atoms with Crippen molar-refractivity contribution < 1.29 is 0 Å². The van der Waals surface area contributed by atoms with Gasteiger partial charge in [0.1, 0.15) is 0 Å². The van der Waals surface area contributed by atoms with Crippen LogP contribution in [0.3, 0.4) is 0 Å². The topological polar surface area (TPSA) is 38.7 Å². The van der Waals surface area contributed by atoms with Crippen molar-refractivity contribution in [3.05, 3.63) is 145 Å². The van der Waals surface area contributed by atoms with Gasteiger partial charge in [0.2, 0.25) is 0 Å². The molecule has 0 amide bonds. The number of aromatic nitrogens is 3. The number of nitrogens with zero attached hydrogens (tertiary/aromatic N) is 3. The maximum atomic E-state index is 5.19. The number of hydrogen-bond acceptors (Lipinski definition) is 3. The van der Waals surface area contributed by atoms with Gasteiger partial charge in [-0.15, -0.1) is 0 Å². The number of benzene rings is 4. The van der Waals surface area contributed by atoms with Crippen molar-refractivity contribution in [2.75, 3.05) is 0 Å². The van der Waals surface area contributed by atoms with Gasteiger partial charge in [-0.1, -0.05) is 92.7 Å². The highest BCUT2D eigenvalue weighted by Gasteiger charge is 2.36. The molecule has 0 fully saturated rings. The van der Waals surface area contributed by atoms with Crippen LogP contribution in [0.1, 0.15) is 43.5 Å². The summed E-state index contributed by atoms with van der Waals surface area (Å²) < 4.78 is 0. The first kappa shape index (κ1) is 25.6. The summed E-state index contributed by atoms with van der Waals surface area (Å²) in [6.45, 7) is 4.69. The SMILES string of the molecule is CC1(C)c2cc(-c3ccc(-c4ccncc4)cc3)ccc2-c2ccc(-c3nc4ccccc4nc3C3=CC=CCC3)cc21. The molecule has 0 spiro atoms. The van der Waals surface area contributed by atoms with E-state index in [1.54, 1.807) is 0 Å². The highest BCUT2D eigenvalue weighted by Crippen LogP contribution is 2.51. The predicted octanol–water partition coefficient (Wildman–Crippen LogP) is 10.1. The number of rotatable bonds is 4. The van der Waals surface area contributed by atoms with Crippen LogP contribution in [-0.4, -0.2) is 15.0 Å². The maximum Gasteiger partial charge on any atom is 0.0969 e. The highest BCUT2D eigenvalue weighted by molar-refractivity contribution is 5.89. The summed E-state index contributed by atoms with van der Waals surface area (Å²) >= 11 is 0. The Kier molecular flexibility index (Phi) is 5.94. The van der Waals surface area contributed by atoms with Gasteiger partial charge in [0, 0.05) is 23.4 Å². The summed E-state index contributed by atoms with van der Waals surface area (Å²) in [5.41, 5.74) is 16.2. The summed E-state index contributed by atoms with van der Waals surface area (Å²) in [6, 6.07) is 35.0. The molecule has 43 heavy (non-hydrogen) atoms. The Labute approximate surface area is 252 Å². The smallest absolute Gasteiger partial charge is 0.0969 e. The van der Waals surface area contributed by atoms with E-state index in [0.29, 0.717) is 0 Å². The predicted molar refractivity (Wildman–Crippen MR) is 178 cm³/mol. The second kappa shape index (κ2) is 9.99. The molecule has 0 N–H and O–H groups in total. The van der Waals surface area contributed by atoms with Crippen LogP contribution in [0.4, 0.5) is 0 Å².